The second-order valence-corrected chi connectivity index (χ2v) is 22.6. The minimum absolute atomic E-state index is 0.0197. The van der Waals surface area contributed by atoms with Crippen LogP contribution in [0.2, 0.25) is 0 Å². The zero-order valence-electron chi connectivity index (χ0n) is 49.4. The normalized spacial score (nSPS) is 14.6. The van der Waals surface area contributed by atoms with Crippen LogP contribution in [0.4, 0.5) is 0 Å². The van der Waals surface area contributed by atoms with Crippen LogP contribution in [0.25, 0.3) is 0 Å². The molecule has 0 radical (unpaired) electrons. The van der Waals surface area contributed by atoms with Crippen molar-refractivity contribution in [2.75, 3.05) is 40.9 Å². The molecule has 2 N–H and O–H groups in total. The molecule has 0 fully saturated rings. The Hall–Kier alpha value is -3.59. The maximum atomic E-state index is 13.5. The van der Waals surface area contributed by atoms with Crippen molar-refractivity contribution < 1.29 is 37.3 Å². The molecule has 0 aromatic carbocycles. The summed E-state index contributed by atoms with van der Waals surface area (Å²) in [5, 5.41) is 3.01. The molecule has 0 rings (SSSR count). The van der Waals surface area contributed by atoms with Gasteiger partial charge in [-0.05, 0) is 115 Å². The van der Waals surface area contributed by atoms with Crippen molar-refractivity contribution in [3.63, 3.8) is 0 Å². The summed E-state index contributed by atoms with van der Waals surface area (Å²) < 4.78 is 30.6. The summed E-state index contributed by atoms with van der Waals surface area (Å²) in [7, 11) is 1.43. The van der Waals surface area contributed by atoms with Crippen molar-refractivity contribution in [2.24, 2.45) is 0 Å². The van der Waals surface area contributed by atoms with Gasteiger partial charge in [0.05, 0.1) is 33.8 Å². The number of phosphoric acid groups is 1. The van der Waals surface area contributed by atoms with Crippen LogP contribution in [-0.2, 0) is 27.9 Å². The molecule has 3 atom stereocenters. The SMILES string of the molecule is CC/C=C\C/C=C\C/C=C\C/C=C\C/C=C\CCCC(=O)NC(COP(=O)(O)OCC[N+](C)(C)C)C(/C=C/CCCCCCCCCCCC)OC(=O)CCCCCCC/C=C\C/C=C\C/C=C\C/C=C\CCCCC. The summed E-state index contributed by atoms with van der Waals surface area (Å²) in [5.41, 5.74) is 0. The summed E-state index contributed by atoms with van der Waals surface area (Å²) in [6.45, 7) is 6.79. The predicted molar refractivity (Wildman–Crippen MR) is 327 cm³/mol. The van der Waals surface area contributed by atoms with Crippen molar-refractivity contribution in [3.05, 3.63) is 122 Å². The molecule has 0 saturated carbocycles. The van der Waals surface area contributed by atoms with Crippen LogP contribution in [0.15, 0.2) is 122 Å². The van der Waals surface area contributed by atoms with Crippen molar-refractivity contribution in [2.45, 2.75) is 245 Å². The molecule has 10 heteroatoms. The van der Waals surface area contributed by atoms with Crippen molar-refractivity contribution in [3.8, 4) is 0 Å². The number of ether oxygens (including phenoxy) is 1. The predicted octanol–water partition coefficient (Wildman–Crippen LogP) is 18.7. The lowest BCUT2D eigenvalue weighted by molar-refractivity contribution is -0.870. The molecule has 0 aromatic heterocycles. The third-order valence-electron chi connectivity index (χ3n) is 12.6. The van der Waals surface area contributed by atoms with Crippen molar-refractivity contribution in [1.29, 1.82) is 0 Å². The van der Waals surface area contributed by atoms with Gasteiger partial charge in [-0.2, -0.15) is 0 Å². The lowest BCUT2D eigenvalue weighted by Gasteiger charge is -2.27. The maximum absolute atomic E-state index is 13.5. The van der Waals surface area contributed by atoms with Gasteiger partial charge in [0.1, 0.15) is 19.3 Å². The number of nitrogens with one attached hydrogen (secondary N) is 1. The Morgan fingerprint density at radius 1 is 0.474 bits per heavy atom. The number of nitrogens with zero attached hydrogens (tertiary/aromatic N) is 1. The third kappa shape index (κ3) is 55.2. The monoisotopic (exact) mass is 1080 g/mol. The fourth-order valence-electron chi connectivity index (χ4n) is 7.96. The number of amides is 1. The van der Waals surface area contributed by atoms with E-state index in [4.69, 9.17) is 13.8 Å². The number of carbonyl (C=O) groups excluding carboxylic acids is 2. The first-order chi connectivity index (χ1) is 36.9. The highest BCUT2D eigenvalue weighted by Gasteiger charge is 2.30. The second kappa shape index (κ2) is 54.8. The van der Waals surface area contributed by atoms with E-state index in [1.165, 1.54) is 77.0 Å². The van der Waals surface area contributed by atoms with Crippen LogP contribution in [0.3, 0.4) is 0 Å². The van der Waals surface area contributed by atoms with E-state index in [1.54, 1.807) is 0 Å². The van der Waals surface area contributed by atoms with Crippen LogP contribution >= 0.6 is 7.82 Å². The number of unbranched alkanes of at least 4 members (excludes halogenated alkanes) is 19. The molecule has 0 aliphatic heterocycles. The van der Waals surface area contributed by atoms with E-state index in [1.807, 2.05) is 33.3 Å². The number of likely N-dealkylation sites (N-methyl/N-ethyl adjacent to an activating group) is 1. The van der Waals surface area contributed by atoms with Gasteiger partial charge in [-0.1, -0.05) is 226 Å². The summed E-state index contributed by atoms with van der Waals surface area (Å²) in [6.07, 6.45) is 76.3. The standard InChI is InChI=1S/C66H113N2O7P/c1-7-10-13-16-19-22-25-28-30-32-33-34-35-37-39-41-44-47-50-53-56-59-66(70)75-64(57-54-51-48-45-42-27-24-21-18-15-12-9-3)63(62-74-76(71,72)73-61-60-68(4,5)6)67-65(69)58-55-52-49-46-43-40-38-36-31-29-26-23-20-17-14-11-8-2/h11,14,19-20,22-23,28-31,33-34,37-40,46,49,54,57,63-64H,7-10,12-13,15-18,21,24-27,32,35-36,41-45,47-48,50-53,55-56,58-62H2,1-6H3,(H-,67,69,71,72)/p+1/b14-11-,22-19-,23-20-,30-28-,31-29-,34-33-,39-37-,40-38-,49-46-,57-54+. The minimum atomic E-state index is -4.48. The fourth-order valence-corrected chi connectivity index (χ4v) is 8.69. The highest BCUT2D eigenvalue weighted by molar-refractivity contribution is 7.47. The molecular formula is C66H114N2O7P+. The summed E-state index contributed by atoms with van der Waals surface area (Å²) in [5.74, 6) is -0.603. The molecular weight excluding hydrogens is 964 g/mol. The number of quaternary nitrogens is 1. The number of phosphoric ester groups is 1. The first-order valence-electron chi connectivity index (χ1n) is 30.4. The number of esters is 1. The average Bonchev–Trinajstić information content (AvgIpc) is 3.38. The van der Waals surface area contributed by atoms with Gasteiger partial charge in [-0.15, -0.1) is 0 Å². The molecule has 1 amide bonds. The van der Waals surface area contributed by atoms with Gasteiger partial charge < -0.3 is 19.4 Å². The van der Waals surface area contributed by atoms with Crippen LogP contribution in [-0.4, -0.2) is 74.3 Å². The first kappa shape index (κ1) is 72.4. The van der Waals surface area contributed by atoms with Crippen LogP contribution in [0, 0.1) is 0 Å². The summed E-state index contributed by atoms with van der Waals surface area (Å²) in [4.78, 5) is 37.7. The molecule has 0 saturated heterocycles. The van der Waals surface area contributed by atoms with Gasteiger partial charge in [-0.25, -0.2) is 4.57 Å². The number of allylic oxidation sites excluding steroid dienone is 19. The Bertz CT molecular complexity index is 1720. The average molecular weight is 1080 g/mol. The fraction of sp³-hybridized carbons (Fsp3) is 0.667. The van der Waals surface area contributed by atoms with Gasteiger partial charge in [0, 0.05) is 12.8 Å². The Morgan fingerprint density at radius 2 is 0.855 bits per heavy atom. The second-order valence-electron chi connectivity index (χ2n) is 21.1. The van der Waals surface area contributed by atoms with E-state index in [2.05, 4.69) is 135 Å². The van der Waals surface area contributed by atoms with E-state index in [9.17, 15) is 19.0 Å². The van der Waals surface area contributed by atoms with Crippen LogP contribution in [0.1, 0.15) is 233 Å². The Balaban J connectivity index is 5.41. The Morgan fingerprint density at radius 3 is 1.32 bits per heavy atom. The van der Waals surface area contributed by atoms with E-state index >= 15 is 0 Å². The highest BCUT2D eigenvalue weighted by Crippen LogP contribution is 2.43. The zero-order valence-corrected chi connectivity index (χ0v) is 50.3. The molecule has 0 aromatic rings. The van der Waals surface area contributed by atoms with Crippen LogP contribution < -0.4 is 5.32 Å². The lowest BCUT2D eigenvalue weighted by atomic mass is 10.1. The van der Waals surface area contributed by atoms with Gasteiger partial charge in [0.15, 0.2) is 0 Å². The number of hydrogen-bond acceptors (Lipinski definition) is 6. The van der Waals surface area contributed by atoms with Crippen molar-refractivity contribution >= 4 is 19.7 Å². The van der Waals surface area contributed by atoms with Gasteiger partial charge >= 0.3 is 13.8 Å². The Labute approximate surface area is 467 Å². The number of carbonyl (C=O) groups is 2. The van der Waals surface area contributed by atoms with E-state index in [0.717, 1.165) is 109 Å². The minimum Gasteiger partial charge on any atom is -0.456 e. The number of rotatable bonds is 53. The number of hydrogen-bond donors (Lipinski definition) is 2. The molecule has 76 heavy (non-hydrogen) atoms. The molecule has 0 aliphatic carbocycles. The molecule has 0 spiro atoms. The lowest BCUT2D eigenvalue weighted by Crippen LogP contribution is -2.47. The third-order valence-corrected chi connectivity index (χ3v) is 13.6. The smallest absolute Gasteiger partial charge is 0.456 e. The van der Waals surface area contributed by atoms with E-state index in [0.29, 0.717) is 23.9 Å². The van der Waals surface area contributed by atoms with Gasteiger partial charge in [0.25, 0.3) is 0 Å². The highest BCUT2D eigenvalue weighted by atomic mass is 31.2. The molecule has 0 aliphatic rings. The topological polar surface area (TPSA) is 111 Å². The van der Waals surface area contributed by atoms with Crippen LogP contribution in [0.5, 0.6) is 0 Å². The quantitative estimate of drug-likeness (QED) is 0.0205. The first-order valence-corrected chi connectivity index (χ1v) is 31.9. The molecule has 0 heterocycles. The maximum Gasteiger partial charge on any atom is 0.472 e. The Kier molecular flexibility index (Phi) is 52.2. The van der Waals surface area contributed by atoms with E-state index in [-0.39, 0.29) is 37.9 Å². The van der Waals surface area contributed by atoms with Gasteiger partial charge in [0.2, 0.25) is 5.91 Å². The summed E-state index contributed by atoms with van der Waals surface area (Å²) >= 11 is 0. The largest absolute Gasteiger partial charge is 0.472 e. The van der Waals surface area contributed by atoms with E-state index < -0.39 is 20.0 Å². The molecule has 0 bridgehead atoms. The molecule has 434 valence electrons. The molecule has 3 unspecified atom stereocenters. The zero-order chi connectivity index (χ0) is 55.7. The van der Waals surface area contributed by atoms with Gasteiger partial charge in [-0.3, -0.25) is 18.6 Å². The molecule has 9 nitrogen and oxygen atoms in total. The summed E-state index contributed by atoms with van der Waals surface area (Å²) in [6, 6.07) is -0.894. The van der Waals surface area contributed by atoms with Crippen molar-refractivity contribution in [1.82, 2.24) is 5.32 Å².